The minimum atomic E-state index is 0.142. The average Bonchev–Trinajstić information content (AvgIpc) is 2.74. The van der Waals surface area contributed by atoms with Gasteiger partial charge in [-0.25, -0.2) is 0 Å². The molecule has 1 heterocycles. The molecule has 0 fully saturated rings. The van der Waals surface area contributed by atoms with Crippen LogP contribution < -0.4 is 0 Å². The van der Waals surface area contributed by atoms with E-state index < -0.39 is 0 Å². The molecule has 4 heteroatoms. The molecule has 0 atom stereocenters. The van der Waals surface area contributed by atoms with Gasteiger partial charge in [-0.1, -0.05) is 66.8 Å². The van der Waals surface area contributed by atoms with E-state index in [0.29, 0.717) is 10.4 Å². The van der Waals surface area contributed by atoms with E-state index in [0.717, 1.165) is 22.2 Å². The van der Waals surface area contributed by atoms with Crippen molar-refractivity contribution in [3.05, 3.63) is 90.6 Å². The van der Waals surface area contributed by atoms with Crippen LogP contribution in [0.5, 0.6) is 5.75 Å². The molecule has 0 radical (unpaired) electrons. The smallest absolute Gasteiger partial charge is 0.141 e. The van der Waals surface area contributed by atoms with E-state index in [9.17, 15) is 5.11 Å². The van der Waals surface area contributed by atoms with Crippen LogP contribution in [0.15, 0.2) is 90.1 Å². The van der Waals surface area contributed by atoms with Gasteiger partial charge in [0.25, 0.3) is 0 Å². The lowest BCUT2D eigenvalue weighted by atomic mass is 10.0. The fourth-order valence-corrected chi connectivity index (χ4v) is 3.10. The highest BCUT2D eigenvalue weighted by atomic mass is 32.1. The molecule has 0 saturated heterocycles. The Balaban J connectivity index is 1.59. The van der Waals surface area contributed by atoms with E-state index >= 15 is 0 Å². The lowest BCUT2D eigenvalue weighted by Gasteiger charge is -2.05. The topological polar surface area (TPSA) is 45.5 Å². The number of pyridine rings is 1. The van der Waals surface area contributed by atoms with Gasteiger partial charge in [-0.15, -0.1) is 0 Å². The number of hydrogen-bond donors (Lipinski definition) is 1. The van der Waals surface area contributed by atoms with Gasteiger partial charge in [0.1, 0.15) is 11.3 Å². The lowest BCUT2D eigenvalue weighted by Crippen LogP contribution is -1.98. The Morgan fingerprint density at radius 3 is 2.37 bits per heavy atom. The summed E-state index contributed by atoms with van der Waals surface area (Å²) in [7, 11) is 0. The number of benzene rings is 3. The second-order valence-corrected chi connectivity index (χ2v) is 6.51. The van der Waals surface area contributed by atoms with Gasteiger partial charge < -0.3 is 5.11 Å². The molecule has 4 rings (SSSR count). The minimum Gasteiger partial charge on any atom is -0.506 e. The minimum absolute atomic E-state index is 0.142. The van der Waals surface area contributed by atoms with E-state index in [4.69, 9.17) is 12.2 Å². The summed E-state index contributed by atoms with van der Waals surface area (Å²) >= 11 is 5.51. The molecule has 0 amide bonds. The first kappa shape index (κ1) is 17.1. The Kier molecular flexibility index (Phi) is 4.73. The van der Waals surface area contributed by atoms with Gasteiger partial charge >= 0.3 is 0 Å². The zero-order valence-corrected chi connectivity index (χ0v) is 15.2. The van der Waals surface area contributed by atoms with Gasteiger partial charge in [0.15, 0.2) is 0 Å². The number of aromatic hydroxyl groups is 1. The quantitative estimate of drug-likeness (QED) is 0.284. The van der Waals surface area contributed by atoms with Gasteiger partial charge in [0, 0.05) is 17.8 Å². The van der Waals surface area contributed by atoms with E-state index in [-0.39, 0.29) is 5.75 Å². The molecule has 1 aromatic heterocycles. The Labute approximate surface area is 162 Å². The number of rotatable bonds is 4. The predicted molar refractivity (Wildman–Crippen MR) is 115 cm³/mol. The molecule has 0 aliphatic carbocycles. The molecule has 0 bridgehead atoms. The molecule has 3 aromatic carbocycles. The normalized spacial score (nSPS) is 11.1. The van der Waals surface area contributed by atoms with Gasteiger partial charge in [0.2, 0.25) is 0 Å². The highest BCUT2D eigenvalue weighted by Crippen LogP contribution is 2.30. The van der Waals surface area contributed by atoms with Crippen LogP contribution in [0, 0.1) is 0 Å². The van der Waals surface area contributed by atoms with E-state index in [2.05, 4.69) is 34.2 Å². The van der Waals surface area contributed by atoms with Crippen LogP contribution in [0.25, 0.3) is 22.0 Å². The van der Waals surface area contributed by atoms with Crippen molar-refractivity contribution in [2.75, 3.05) is 0 Å². The summed E-state index contributed by atoms with van der Waals surface area (Å²) in [5, 5.41) is 10.7. The van der Waals surface area contributed by atoms with E-state index in [1.165, 1.54) is 5.56 Å². The van der Waals surface area contributed by atoms with Gasteiger partial charge in [-0.3, -0.25) is 9.98 Å². The summed E-state index contributed by atoms with van der Waals surface area (Å²) in [6.07, 6.45) is 3.32. The number of nitrogens with zero attached hydrogens (tertiary/aromatic N) is 2. The van der Waals surface area contributed by atoms with Crippen molar-refractivity contribution in [2.24, 2.45) is 4.99 Å². The summed E-state index contributed by atoms with van der Waals surface area (Å²) in [5.74, 6) is 0.142. The molecule has 0 spiro atoms. The average molecular weight is 368 g/mol. The van der Waals surface area contributed by atoms with Crippen LogP contribution in [0.1, 0.15) is 5.56 Å². The Bertz CT molecular complexity index is 1140. The molecule has 0 saturated carbocycles. The van der Waals surface area contributed by atoms with Crippen LogP contribution in [0.4, 0.5) is 5.69 Å². The Hall–Kier alpha value is -3.37. The van der Waals surface area contributed by atoms with Crippen molar-refractivity contribution in [1.82, 2.24) is 4.98 Å². The molecule has 3 nitrogen and oxygen atoms in total. The van der Waals surface area contributed by atoms with Crippen molar-refractivity contribution in [3.63, 3.8) is 0 Å². The Morgan fingerprint density at radius 1 is 0.852 bits per heavy atom. The van der Waals surface area contributed by atoms with Crippen molar-refractivity contribution >= 4 is 39.9 Å². The molecular formula is C23H16N2OS. The lowest BCUT2D eigenvalue weighted by molar-refractivity contribution is 0.480. The summed E-state index contributed by atoms with van der Waals surface area (Å²) in [6, 6.07) is 25.4. The van der Waals surface area contributed by atoms with Gasteiger partial charge in [0.05, 0.1) is 10.6 Å². The number of hydrogen-bond acceptors (Lipinski definition) is 4. The summed E-state index contributed by atoms with van der Waals surface area (Å²) < 4.78 is 0. The van der Waals surface area contributed by atoms with E-state index in [1.54, 1.807) is 24.5 Å². The van der Waals surface area contributed by atoms with E-state index in [1.807, 2.05) is 42.5 Å². The molecule has 27 heavy (non-hydrogen) atoms. The number of aromatic nitrogens is 1. The summed E-state index contributed by atoms with van der Waals surface area (Å²) in [5.41, 5.74) is 4.51. The van der Waals surface area contributed by atoms with Crippen molar-refractivity contribution in [3.8, 4) is 16.9 Å². The first-order valence-corrected chi connectivity index (χ1v) is 8.94. The maximum absolute atomic E-state index is 9.93. The molecule has 0 aliphatic heterocycles. The van der Waals surface area contributed by atoms with Crippen LogP contribution >= 0.6 is 12.2 Å². The van der Waals surface area contributed by atoms with Crippen LogP contribution in [-0.4, -0.2) is 21.2 Å². The third-order valence-electron chi connectivity index (χ3n) is 4.32. The third kappa shape index (κ3) is 3.61. The zero-order chi connectivity index (χ0) is 18.6. The highest BCUT2D eigenvalue weighted by molar-refractivity contribution is 7.82. The zero-order valence-electron chi connectivity index (χ0n) is 14.4. The second-order valence-electron chi connectivity index (χ2n) is 6.07. The van der Waals surface area contributed by atoms with Gasteiger partial charge in [-0.2, -0.15) is 0 Å². The summed E-state index contributed by atoms with van der Waals surface area (Å²) in [4.78, 5) is 9.38. The fraction of sp³-hybridized carbons (Fsp3) is 0. The molecule has 4 aromatic rings. The van der Waals surface area contributed by atoms with Crippen LogP contribution in [0.2, 0.25) is 0 Å². The maximum atomic E-state index is 9.93. The Morgan fingerprint density at radius 2 is 1.59 bits per heavy atom. The van der Waals surface area contributed by atoms with Gasteiger partial charge in [-0.05, 0) is 41.0 Å². The first-order chi connectivity index (χ1) is 13.2. The predicted octanol–water partition coefficient (Wildman–Crippen LogP) is 5.73. The van der Waals surface area contributed by atoms with Crippen LogP contribution in [0.3, 0.4) is 0 Å². The molecular weight excluding hydrogens is 352 g/mol. The standard InChI is InChI=1S/C23H16N2OS/c26-21-13-12-20(19-7-4-14-24-23(19)21)25-15-22(27)18-10-8-17(9-11-18)16-5-2-1-3-6-16/h1-15,26H. The van der Waals surface area contributed by atoms with Crippen molar-refractivity contribution in [2.45, 2.75) is 0 Å². The maximum Gasteiger partial charge on any atom is 0.141 e. The number of phenols is 1. The largest absolute Gasteiger partial charge is 0.506 e. The number of phenolic OH excluding ortho intramolecular Hbond substituents is 1. The highest BCUT2D eigenvalue weighted by Gasteiger charge is 2.05. The van der Waals surface area contributed by atoms with Crippen molar-refractivity contribution < 1.29 is 5.11 Å². The first-order valence-electron chi connectivity index (χ1n) is 8.53. The second kappa shape index (κ2) is 7.48. The number of fused-ring (bicyclic) bond motifs is 1. The van der Waals surface area contributed by atoms with Crippen molar-refractivity contribution in [1.29, 1.82) is 0 Å². The number of aliphatic imine (C=N–C) groups is 1. The molecule has 130 valence electrons. The molecule has 0 aliphatic rings. The third-order valence-corrected chi connectivity index (χ3v) is 4.66. The summed E-state index contributed by atoms with van der Waals surface area (Å²) in [6.45, 7) is 0. The molecule has 0 unspecified atom stereocenters. The van der Waals surface area contributed by atoms with Crippen LogP contribution in [-0.2, 0) is 0 Å². The monoisotopic (exact) mass is 368 g/mol. The number of thiocarbonyl (C=S) groups is 1. The molecule has 1 N–H and O–H groups in total. The fourth-order valence-electron chi connectivity index (χ4n) is 2.92. The SMILES string of the molecule is Oc1ccc(N=CC(=S)c2ccc(-c3ccccc3)cc2)c2cccnc12.